The highest BCUT2D eigenvalue weighted by atomic mass is 32.2. The number of nitrogens with zero attached hydrogens (tertiary/aromatic N) is 2. The number of carbonyl (C=O) groups is 2. The summed E-state index contributed by atoms with van der Waals surface area (Å²) in [6, 6.07) is 14.2. The Labute approximate surface area is 178 Å². The minimum Gasteiger partial charge on any atom is -0.312 e. The lowest BCUT2D eigenvalue weighted by Gasteiger charge is -2.30. The van der Waals surface area contributed by atoms with Gasteiger partial charge in [-0.05, 0) is 36.6 Å². The highest BCUT2D eigenvalue weighted by Crippen LogP contribution is 2.33. The van der Waals surface area contributed by atoms with Crippen LogP contribution in [-0.4, -0.2) is 34.1 Å². The minimum absolute atomic E-state index is 0.0238. The van der Waals surface area contributed by atoms with Crippen molar-refractivity contribution >= 4 is 51.9 Å². The molecular weight excluding hydrogens is 407 g/mol. The average molecular weight is 427 g/mol. The van der Waals surface area contributed by atoms with Crippen LogP contribution in [0.2, 0.25) is 0 Å². The number of halogens is 1. The summed E-state index contributed by atoms with van der Waals surface area (Å²) in [6.07, 6.45) is 3.59. The van der Waals surface area contributed by atoms with E-state index in [1.54, 1.807) is 23.1 Å². The number of hydrogen-bond acceptors (Lipinski definition) is 4. The monoisotopic (exact) mass is 426 g/mol. The van der Waals surface area contributed by atoms with Crippen LogP contribution in [0, 0.1) is 5.82 Å². The Kier molecular flexibility index (Phi) is 5.78. The van der Waals surface area contributed by atoms with E-state index < -0.39 is 5.82 Å². The number of anilines is 1. The Hall–Kier alpha value is -2.51. The lowest BCUT2D eigenvalue weighted by Crippen LogP contribution is -2.38. The number of amides is 2. The van der Waals surface area contributed by atoms with E-state index in [1.165, 1.54) is 22.6 Å². The van der Waals surface area contributed by atoms with Crippen LogP contribution in [-0.2, 0) is 16.0 Å². The van der Waals surface area contributed by atoms with Crippen LogP contribution < -0.4 is 4.90 Å². The summed E-state index contributed by atoms with van der Waals surface area (Å²) in [5, 5.41) is 0. The molecule has 0 bridgehead atoms. The van der Waals surface area contributed by atoms with Gasteiger partial charge in [0.15, 0.2) is 0 Å². The number of thiocarbonyl (C=S) groups is 1. The van der Waals surface area contributed by atoms with E-state index in [4.69, 9.17) is 12.2 Å². The lowest BCUT2D eigenvalue weighted by atomic mass is 10.0. The molecule has 0 saturated carbocycles. The van der Waals surface area contributed by atoms with Crippen molar-refractivity contribution in [3.8, 4) is 0 Å². The minimum atomic E-state index is -0.392. The van der Waals surface area contributed by atoms with Gasteiger partial charge < -0.3 is 4.90 Å². The molecule has 4 rings (SSSR count). The summed E-state index contributed by atoms with van der Waals surface area (Å²) in [7, 11) is 0. The fraction of sp³-hybridized carbons (Fsp3) is 0.227. The maximum atomic E-state index is 13.9. The second kappa shape index (κ2) is 8.47. The van der Waals surface area contributed by atoms with Crippen molar-refractivity contribution in [1.82, 2.24) is 4.90 Å². The SMILES string of the molecule is O=C1C(=Cc2ccccc2F)SC(=S)N1CCC(=O)N1CCCc2ccccc21. The Morgan fingerprint density at radius 3 is 2.76 bits per heavy atom. The van der Waals surface area contributed by atoms with Crippen LogP contribution in [0.5, 0.6) is 0 Å². The van der Waals surface area contributed by atoms with Gasteiger partial charge in [0.2, 0.25) is 5.91 Å². The Bertz CT molecular complexity index is 1020. The molecule has 2 amide bonds. The van der Waals surface area contributed by atoms with Crippen LogP contribution in [0.4, 0.5) is 10.1 Å². The molecule has 4 nitrogen and oxygen atoms in total. The third kappa shape index (κ3) is 4.11. The van der Waals surface area contributed by atoms with E-state index in [-0.39, 0.29) is 24.8 Å². The highest BCUT2D eigenvalue weighted by Gasteiger charge is 2.33. The van der Waals surface area contributed by atoms with Gasteiger partial charge in [-0.15, -0.1) is 0 Å². The topological polar surface area (TPSA) is 40.6 Å². The number of benzene rings is 2. The van der Waals surface area contributed by atoms with Crippen molar-refractivity contribution in [2.45, 2.75) is 19.3 Å². The molecule has 0 spiro atoms. The summed E-state index contributed by atoms with van der Waals surface area (Å²) < 4.78 is 14.3. The fourth-order valence-electron chi connectivity index (χ4n) is 3.56. The van der Waals surface area contributed by atoms with Crippen molar-refractivity contribution in [2.75, 3.05) is 18.0 Å². The molecular formula is C22H19FN2O2S2. The maximum Gasteiger partial charge on any atom is 0.266 e. The molecule has 2 aromatic carbocycles. The molecule has 2 aliphatic rings. The molecule has 1 fully saturated rings. The van der Waals surface area contributed by atoms with E-state index in [9.17, 15) is 14.0 Å². The standard InChI is InChI=1S/C22H19FN2O2S2/c23-17-9-3-1-7-16(17)14-19-21(27)25(22(28)29-19)13-11-20(26)24-12-5-8-15-6-2-4-10-18(15)24/h1-4,6-7,9-10,14H,5,8,11-13H2. The van der Waals surface area contributed by atoms with Gasteiger partial charge in [0.25, 0.3) is 5.91 Å². The Morgan fingerprint density at radius 1 is 1.17 bits per heavy atom. The summed E-state index contributed by atoms with van der Waals surface area (Å²) in [5.74, 6) is -0.698. The van der Waals surface area contributed by atoms with Crippen molar-refractivity contribution < 1.29 is 14.0 Å². The van der Waals surface area contributed by atoms with E-state index in [0.717, 1.165) is 30.3 Å². The van der Waals surface area contributed by atoms with Crippen LogP contribution in [0.15, 0.2) is 53.4 Å². The molecule has 1 saturated heterocycles. The van der Waals surface area contributed by atoms with Crippen LogP contribution in [0.1, 0.15) is 24.0 Å². The van der Waals surface area contributed by atoms with Crippen LogP contribution >= 0.6 is 24.0 Å². The van der Waals surface area contributed by atoms with Crippen molar-refractivity contribution in [1.29, 1.82) is 0 Å². The molecule has 7 heteroatoms. The fourth-order valence-corrected chi connectivity index (χ4v) is 4.86. The van der Waals surface area contributed by atoms with Crippen molar-refractivity contribution in [3.05, 3.63) is 70.4 Å². The molecule has 148 valence electrons. The number of thioether (sulfide) groups is 1. The van der Waals surface area contributed by atoms with Gasteiger partial charge in [0.05, 0.1) is 4.91 Å². The highest BCUT2D eigenvalue weighted by molar-refractivity contribution is 8.26. The predicted octanol–water partition coefficient (Wildman–Crippen LogP) is 4.40. The first-order valence-electron chi connectivity index (χ1n) is 9.43. The van der Waals surface area contributed by atoms with Gasteiger partial charge in [-0.2, -0.15) is 0 Å². The molecule has 0 unspecified atom stereocenters. The zero-order valence-electron chi connectivity index (χ0n) is 15.6. The third-order valence-corrected chi connectivity index (χ3v) is 6.40. The van der Waals surface area contributed by atoms with Gasteiger partial charge in [-0.1, -0.05) is 60.4 Å². The quantitative estimate of drug-likeness (QED) is 0.537. The first-order chi connectivity index (χ1) is 14.0. The lowest BCUT2D eigenvalue weighted by molar-refractivity contribution is -0.123. The van der Waals surface area contributed by atoms with Gasteiger partial charge in [0.1, 0.15) is 10.1 Å². The maximum absolute atomic E-state index is 13.9. The molecule has 0 N–H and O–H groups in total. The average Bonchev–Trinajstić information content (AvgIpc) is 3.00. The van der Waals surface area contributed by atoms with Gasteiger partial charge in [0, 0.05) is 30.8 Å². The predicted molar refractivity (Wildman–Crippen MR) is 118 cm³/mol. The van der Waals surface area contributed by atoms with E-state index in [2.05, 4.69) is 0 Å². The molecule has 0 aliphatic carbocycles. The van der Waals surface area contributed by atoms with E-state index in [0.29, 0.717) is 21.3 Å². The summed E-state index contributed by atoms with van der Waals surface area (Å²) in [6.45, 7) is 0.901. The van der Waals surface area contributed by atoms with Crippen LogP contribution in [0.3, 0.4) is 0 Å². The summed E-state index contributed by atoms with van der Waals surface area (Å²) in [4.78, 5) is 29.1. The number of aryl methyl sites for hydroxylation is 1. The van der Waals surface area contributed by atoms with Crippen molar-refractivity contribution in [3.63, 3.8) is 0 Å². The number of rotatable bonds is 4. The number of para-hydroxylation sites is 1. The number of hydrogen-bond donors (Lipinski definition) is 0. The molecule has 2 aliphatic heterocycles. The normalized spacial score (nSPS) is 17.8. The Morgan fingerprint density at radius 2 is 1.93 bits per heavy atom. The second-order valence-electron chi connectivity index (χ2n) is 6.88. The van der Waals surface area contributed by atoms with Gasteiger partial charge in [-0.3, -0.25) is 14.5 Å². The van der Waals surface area contributed by atoms with E-state index in [1.807, 2.05) is 24.3 Å². The summed E-state index contributed by atoms with van der Waals surface area (Å²) in [5.41, 5.74) is 2.47. The van der Waals surface area contributed by atoms with E-state index >= 15 is 0 Å². The largest absolute Gasteiger partial charge is 0.312 e. The first kappa shape index (κ1) is 19.8. The molecule has 2 heterocycles. The Balaban J connectivity index is 1.44. The second-order valence-corrected chi connectivity index (χ2v) is 8.56. The third-order valence-electron chi connectivity index (χ3n) is 5.03. The number of carbonyl (C=O) groups excluding carboxylic acids is 2. The zero-order chi connectivity index (χ0) is 20.4. The van der Waals surface area contributed by atoms with Gasteiger partial charge >= 0.3 is 0 Å². The van der Waals surface area contributed by atoms with Crippen LogP contribution in [0.25, 0.3) is 6.08 Å². The smallest absolute Gasteiger partial charge is 0.266 e. The summed E-state index contributed by atoms with van der Waals surface area (Å²) >= 11 is 6.46. The molecule has 0 aromatic heterocycles. The molecule has 0 radical (unpaired) electrons. The van der Waals surface area contributed by atoms with Crippen molar-refractivity contribution in [2.24, 2.45) is 0 Å². The zero-order valence-corrected chi connectivity index (χ0v) is 17.3. The molecule has 29 heavy (non-hydrogen) atoms. The number of fused-ring (bicyclic) bond motifs is 1. The van der Waals surface area contributed by atoms with Gasteiger partial charge in [-0.25, -0.2) is 4.39 Å². The molecule has 2 aromatic rings. The first-order valence-corrected chi connectivity index (χ1v) is 10.7. The molecule has 0 atom stereocenters.